The summed E-state index contributed by atoms with van der Waals surface area (Å²) in [5.74, 6) is 0. The number of nitrogens with two attached hydrogens (primary N) is 1. The van der Waals surface area contributed by atoms with Crippen molar-refractivity contribution >= 4 is 7.60 Å². The van der Waals surface area contributed by atoms with Gasteiger partial charge in [-0.1, -0.05) is 6.92 Å². The minimum absolute atomic E-state index is 0.297. The van der Waals surface area contributed by atoms with Gasteiger partial charge in [0, 0.05) is 12.7 Å². The molecule has 0 rings (SSSR count). The predicted molar refractivity (Wildman–Crippen MR) is 44.8 cm³/mol. The molecule has 1 atom stereocenters. The van der Waals surface area contributed by atoms with Gasteiger partial charge in [0.05, 0.1) is 13.2 Å². The molecule has 0 aromatic rings. The summed E-state index contributed by atoms with van der Waals surface area (Å²) in [4.78, 5) is 0. The summed E-state index contributed by atoms with van der Waals surface area (Å²) in [6.07, 6.45) is 0.404. The molecule has 0 aliphatic carbocycles. The molecule has 0 saturated heterocycles. The van der Waals surface area contributed by atoms with Crippen molar-refractivity contribution < 1.29 is 13.6 Å². The van der Waals surface area contributed by atoms with Gasteiger partial charge in [0.1, 0.15) is 0 Å². The highest BCUT2D eigenvalue weighted by molar-refractivity contribution is 7.53. The van der Waals surface area contributed by atoms with Crippen molar-refractivity contribution in [2.45, 2.75) is 13.8 Å². The van der Waals surface area contributed by atoms with Crippen molar-refractivity contribution in [1.29, 1.82) is 0 Å². The zero-order chi connectivity index (χ0) is 8.74. The first-order valence-corrected chi connectivity index (χ1v) is 5.49. The van der Waals surface area contributed by atoms with Gasteiger partial charge in [-0.25, -0.2) is 0 Å². The van der Waals surface area contributed by atoms with Gasteiger partial charge in [0.15, 0.2) is 0 Å². The van der Waals surface area contributed by atoms with Gasteiger partial charge >= 0.3 is 7.60 Å². The lowest BCUT2D eigenvalue weighted by molar-refractivity contribution is 0.217. The Bertz CT molecular complexity index is 140. The van der Waals surface area contributed by atoms with Crippen molar-refractivity contribution in [3.05, 3.63) is 0 Å². The maximum Gasteiger partial charge on any atom is 0.330 e. The van der Waals surface area contributed by atoms with E-state index in [1.807, 2.05) is 0 Å². The highest BCUT2D eigenvalue weighted by atomic mass is 31.2. The van der Waals surface area contributed by atoms with E-state index in [9.17, 15) is 4.57 Å². The highest BCUT2D eigenvalue weighted by Crippen LogP contribution is 2.47. The zero-order valence-corrected chi connectivity index (χ0v) is 7.97. The molecule has 0 spiro atoms. The Morgan fingerprint density at radius 2 is 2.00 bits per heavy atom. The molecular formula is C6H16NO3P. The van der Waals surface area contributed by atoms with Crippen LogP contribution in [0.2, 0.25) is 0 Å². The van der Waals surface area contributed by atoms with E-state index < -0.39 is 7.60 Å². The standard InChI is InChI=1S/C6H16NO3P/c1-3-9-11(8,4-2)10-6-5-7/h3-7H2,1-2H3. The Balaban J connectivity index is 3.79. The Labute approximate surface area is 67.6 Å². The molecule has 0 aliphatic heterocycles. The first-order chi connectivity index (χ1) is 5.18. The van der Waals surface area contributed by atoms with E-state index >= 15 is 0 Å². The van der Waals surface area contributed by atoms with Crippen molar-refractivity contribution in [2.75, 3.05) is 25.9 Å². The average Bonchev–Trinajstić information content (AvgIpc) is 2.02. The summed E-state index contributed by atoms with van der Waals surface area (Å²) in [6.45, 7) is 4.64. The molecule has 5 heteroatoms. The zero-order valence-electron chi connectivity index (χ0n) is 7.08. The Hall–Kier alpha value is 0.110. The lowest BCUT2D eigenvalue weighted by Gasteiger charge is -2.14. The molecule has 0 aromatic heterocycles. The monoisotopic (exact) mass is 181 g/mol. The van der Waals surface area contributed by atoms with Crippen molar-refractivity contribution in [2.24, 2.45) is 5.73 Å². The molecule has 0 heterocycles. The van der Waals surface area contributed by atoms with E-state index in [1.165, 1.54) is 0 Å². The van der Waals surface area contributed by atoms with Crippen LogP contribution in [0.15, 0.2) is 0 Å². The summed E-state index contributed by atoms with van der Waals surface area (Å²) < 4.78 is 21.4. The Morgan fingerprint density at radius 3 is 2.36 bits per heavy atom. The molecular weight excluding hydrogens is 165 g/mol. The van der Waals surface area contributed by atoms with Crippen LogP contribution in [0, 0.1) is 0 Å². The van der Waals surface area contributed by atoms with Gasteiger partial charge in [-0.05, 0) is 6.92 Å². The summed E-state index contributed by atoms with van der Waals surface area (Å²) >= 11 is 0. The van der Waals surface area contributed by atoms with Crippen LogP contribution in [-0.2, 0) is 13.6 Å². The fraction of sp³-hybridized carbons (Fsp3) is 1.00. The van der Waals surface area contributed by atoms with Gasteiger partial charge in [-0.15, -0.1) is 0 Å². The normalized spacial score (nSPS) is 16.3. The molecule has 4 nitrogen and oxygen atoms in total. The van der Waals surface area contributed by atoms with Crippen LogP contribution in [0.3, 0.4) is 0 Å². The minimum atomic E-state index is -2.80. The summed E-state index contributed by atoms with van der Waals surface area (Å²) in [5.41, 5.74) is 5.18. The average molecular weight is 181 g/mol. The topological polar surface area (TPSA) is 61.5 Å². The summed E-state index contributed by atoms with van der Waals surface area (Å²) in [6, 6.07) is 0. The molecule has 1 unspecified atom stereocenters. The molecule has 0 aromatic carbocycles. The van der Waals surface area contributed by atoms with Crippen LogP contribution < -0.4 is 5.73 Å². The predicted octanol–water partition coefficient (Wildman–Crippen LogP) is 1.21. The maximum atomic E-state index is 11.4. The molecule has 11 heavy (non-hydrogen) atoms. The third kappa shape index (κ3) is 4.53. The second kappa shape index (κ2) is 5.72. The van der Waals surface area contributed by atoms with Crippen LogP contribution in [0.25, 0.3) is 0 Å². The molecule has 2 N–H and O–H groups in total. The third-order valence-electron chi connectivity index (χ3n) is 1.12. The summed E-state index contributed by atoms with van der Waals surface area (Å²) in [5, 5.41) is 0. The van der Waals surface area contributed by atoms with Crippen LogP contribution in [0.5, 0.6) is 0 Å². The van der Waals surface area contributed by atoms with E-state index in [0.717, 1.165) is 0 Å². The molecule has 0 aliphatic rings. The molecule has 0 amide bonds. The van der Waals surface area contributed by atoms with E-state index in [1.54, 1.807) is 13.8 Å². The molecule has 0 bridgehead atoms. The van der Waals surface area contributed by atoms with Crippen LogP contribution in [-0.4, -0.2) is 25.9 Å². The van der Waals surface area contributed by atoms with Crippen molar-refractivity contribution in [3.8, 4) is 0 Å². The van der Waals surface area contributed by atoms with E-state index in [2.05, 4.69) is 0 Å². The second-order valence-electron chi connectivity index (χ2n) is 1.97. The number of rotatable bonds is 6. The smallest absolute Gasteiger partial charge is 0.328 e. The van der Waals surface area contributed by atoms with Crippen LogP contribution in [0.1, 0.15) is 13.8 Å². The highest BCUT2D eigenvalue weighted by Gasteiger charge is 2.19. The molecule has 68 valence electrons. The lowest BCUT2D eigenvalue weighted by Crippen LogP contribution is -2.09. The largest absolute Gasteiger partial charge is 0.330 e. The van der Waals surface area contributed by atoms with Crippen LogP contribution in [0.4, 0.5) is 0 Å². The molecule has 0 radical (unpaired) electrons. The van der Waals surface area contributed by atoms with Crippen LogP contribution >= 0.6 is 7.60 Å². The first kappa shape index (κ1) is 11.1. The quantitative estimate of drug-likeness (QED) is 0.625. The van der Waals surface area contributed by atoms with Crippen molar-refractivity contribution in [1.82, 2.24) is 0 Å². The van der Waals surface area contributed by atoms with E-state index in [4.69, 9.17) is 14.8 Å². The van der Waals surface area contributed by atoms with Gasteiger partial charge in [0.2, 0.25) is 0 Å². The second-order valence-corrected chi connectivity index (χ2v) is 4.34. The van der Waals surface area contributed by atoms with Gasteiger partial charge in [-0.2, -0.15) is 0 Å². The van der Waals surface area contributed by atoms with E-state index in [-0.39, 0.29) is 0 Å². The molecule has 0 saturated carbocycles. The summed E-state index contributed by atoms with van der Waals surface area (Å²) in [7, 11) is -2.80. The fourth-order valence-electron chi connectivity index (χ4n) is 0.608. The minimum Gasteiger partial charge on any atom is -0.328 e. The van der Waals surface area contributed by atoms with Gasteiger partial charge < -0.3 is 14.8 Å². The SMILES string of the molecule is CCOP(=O)(CC)OCCN. The van der Waals surface area contributed by atoms with Gasteiger partial charge in [-0.3, -0.25) is 4.57 Å². The first-order valence-electron chi connectivity index (χ1n) is 3.76. The number of hydrogen-bond acceptors (Lipinski definition) is 4. The lowest BCUT2D eigenvalue weighted by atomic mass is 10.8. The molecule has 0 fully saturated rings. The maximum absolute atomic E-state index is 11.4. The van der Waals surface area contributed by atoms with Crippen molar-refractivity contribution in [3.63, 3.8) is 0 Å². The Kier molecular flexibility index (Phi) is 5.78. The number of hydrogen-bond donors (Lipinski definition) is 1. The fourth-order valence-corrected chi connectivity index (χ4v) is 1.82. The Morgan fingerprint density at radius 1 is 1.36 bits per heavy atom. The third-order valence-corrected chi connectivity index (χ3v) is 3.12. The van der Waals surface area contributed by atoms with Gasteiger partial charge in [0.25, 0.3) is 0 Å². The van der Waals surface area contributed by atoms with E-state index in [0.29, 0.717) is 25.9 Å².